The summed E-state index contributed by atoms with van der Waals surface area (Å²) in [6, 6.07) is 14.1. The van der Waals surface area contributed by atoms with Crippen molar-refractivity contribution in [2.75, 3.05) is 47.1 Å². The monoisotopic (exact) mass is 997 g/mol. The van der Waals surface area contributed by atoms with Crippen LogP contribution in [-0.2, 0) is 110 Å². The summed E-state index contributed by atoms with van der Waals surface area (Å²) in [7, 11) is 3.03. The van der Waals surface area contributed by atoms with Gasteiger partial charge in [0.2, 0.25) is 0 Å². The second-order valence-electron chi connectivity index (χ2n) is 12.7. The summed E-state index contributed by atoms with van der Waals surface area (Å²) in [5.41, 5.74) is 12.8. The molecule has 1 aliphatic rings. The molecule has 53 heavy (non-hydrogen) atoms. The number of methoxy groups -OCH3 is 1. The molecule has 2 heterocycles. The SMILES string of the molecule is C.CCCC[N+]1(Cc2ccc(OC(=O)CCc3cn(CCOCCOC)nn3)cc2)CCCCC1C(=O)Cc1c(C)cccc1C.CN=[N+]=[N-].[I-].[Y].[Y]. The van der Waals surface area contributed by atoms with Gasteiger partial charge in [-0.25, -0.2) is 4.68 Å². The normalized spacial score (nSPS) is 15.8. The number of ether oxygens (including phenoxy) is 3. The number of hydrogen-bond donors (Lipinski definition) is 0. The number of azide groups is 1. The van der Waals surface area contributed by atoms with E-state index >= 15 is 0 Å². The van der Waals surface area contributed by atoms with Crippen LogP contribution in [-0.4, -0.2) is 84.3 Å². The Morgan fingerprint density at radius 2 is 1.74 bits per heavy atom. The second-order valence-corrected chi connectivity index (χ2v) is 12.7. The smallest absolute Gasteiger partial charge is 0.311 e. The Bertz CT molecular complexity index is 1500. The number of carbonyl (C=O) groups is 2. The number of rotatable bonds is 18. The number of quaternary nitrogens is 1. The van der Waals surface area contributed by atoms with E-state index in [1.807, 2.05) is 18.3 Å². The summed E-state index contributed by atoms with van der Waals surface area (Å²) in [6.07, 6.45) is 8.39. The second kappa shape index (κ2) is 30.0. The first-order chi connectivity index (χ1) is 23.7. The molecule has 0 bridgehead atoms. The number of unbranched alkanes of at least 4 members (excludes halogenated alkanes) is 1. The molecule has 2 aromatic carbocycles. The zero-order chi connectivity index (χ0) is 35.5. The van der Waals surface area contributed by atoms with Gasteiger partial charge in [0.25, 0.3) is 0 Å². The fraction of sp³-hybridized carbons (Fsp3) is 0.579. The third-order valence-corrected chi connectivity index (χ3v) is 9.13. The molecular weight excluding hydrogens is 939 g/mol. The molecule has 1 aromatic heterocycles. The molecule has 0 saturated carbocycles. The van der Waals surface area contributed by atoms with E-state index in [4.69, 9.17) is 19.7 Å². The number of Topliss-reactive ketones (excluding diaryl/α,β-unsaturated/α-hetero) is 1. The van der Waals surface area contributed by atoms with Crippen molar-refractivity contribution in [2.24, 2.45) is 5.11 Å². The Kier molecular flexibility index (Phi) is 30.6. The number of nitrogens with zero attached hydrogens (tertiary/aromatic N) is 7. The Labute approximate surface area is 384 Å². The van der Waals surface area contributed by atoms with E-state index in [-0.39, 0.29) is 115 Å². The minimum Gasteiger partial charge on any atom is -1.00 e. The van der Waals surface area contributed by atoms with Crippen molar-refractivity contribution in [1.82, 2.24) is 15.0 Å². The minimum atomic E-state index is -0.306. The summed E-state index contributed by atoms with van der Waals surface area (Å²) < 4.78 is 18.6. The fourth-order valence-electron chi connectivity index (χ4n) is 6.49. The van der Waals surface area contributed by atoms with Crippen molar-refractivity contribution in [2.45, 2.75) is 98.7 Å². The van der Waals surface area contributed by atoms with Crippen molar-refractivity contribution in [3.63, 3.8) is 0 Å². The average Bonchev–Trinajstić information content (AvgIpc) is 3.57. The molecule has 0 spiro atoms. The standard InChI is InChI=1S/C36H51N4O5.CH3N3.CH4.HI.2Y/c1-5-6-20-40(21-8-7-12-34(40)35(41)25-33-28(2)10-9-11-29(33)3)27-30-13-16-32(17-14-30)45-36(42)18-15-31-26-39(38-37-31)19-22-44-24-23-43-4;1-3-4-2;;;;/h9-11,13-14,16-17,26,34H,5-8,12,15,18-25,27H2,1-4H3;1H3;1H4;1H;;/q+1;;;;;/p-1. The van der Waals surface area contributed by atoms with E-state index in [9.17, 15) is 9.59 Å². The molecule has 0 aliphatic carbocycles. The van der Waals surface area contributed by atoms with Gasteiger partial charge in [0, 0.05) is 116 Å². The largest absolute Gasteiger partial charge is 1.00 e. The maximum atomic E-state index is 14.0. The summed E-state index contributed by atoms with van der Waals surface area (Å²) in [5.74, 6) is 0.589. The van der Waals surface area contributed by atoms with Crippen LogP contribution >= 0.6 is 0 Å². The van der Waals surface area contributed by atoms with Crippen molar-refractivity contribution in [1.29, 1.82) is 0 Å². The van der Waals surface area contributed by atoms with Gasteiger partial charge in [0.05, 0.1) is 51.6 Å². The number of esters is 1. The van der Waals surface area contributed by atoms with Crippen LogP contribution in [0, 0.1) is 13.8 Å². The van der Waals surface area contributed by atoms with Crippen molar-refractivity contribution < 1.29 is 118 Å². The van der Waals surface area contributed by atoms with Crippen LogP contribution in [0.25, 0.3) is 10.4 Å². The maximum Gasteiger partial charge on any atom is 0.311 e. The molecule has 1 saturated heterocycles. The van der Waals surface area contributed by atoms with Crippen molar-refractivity contribution >= 4 is 11.8 Å². The quantitative estimate of drug-likeness (QED) is 0.0273. The number of hydrogen-bond acceptors (Lipinski definition) is 8. The van der Waals surface area contributed by atoms with Gasteiger partial charge < -0.3 is 42.7 Å². The van der Waals surface area contributed by atoms with Crippen LogP contribution in [0.3, 0.4) is 0 Å². The number of aryl methyl sites for hydroxylation is 3. The molecule has 1 aliphatic heterocycles. The number of likely N-dealkylation sites (tertiary alicyclic amines) is 1. The maximum absolute atomic E-state index is 14.0. The molecular formula is C38H58IN7O5Y2. The van der Waals surface area contributed by atoms with Crippen LogP contribution in [0.1, 0.15) is 80.8 Å². The number of carbonyl (C=O) groups excluding carboxylic acids is 2. The molecule has 288 valence electrons. The first kappa shape index (κ1) is 53.9. The molecule has 3 aromatic rings. The average molecular weight is 998 g/mol. The molecule has 0 N–H and O–H groups in total. The third kappa shape index (κ3) is 18.6. The molecule has 2 atom stereocenters. The van der Waals surface area contributed by atoms with Crippen molar-refractivity contribution in [3.05, 3.63) is 87.1 Å². The van der Waals surface area contributed by atoms with E-state index < -0.39 is 0 Å². The van der Waals surface area contributed by atoms with E-state index in [1.165, 1.54) is 29.3 Å². The predicted octanol–water partition coefficient (Wildman–Crippen LogP) is 4.14. The third-order valence-electron chi connectivity index (χ3n) is 9.13. The van der Waals surface area contributed by atoms with Gasteiger partial charge in [0.1, 0.15) is 18.3 Å². The summed E-state index contributed by atoms with van der Waals surface area (Å²) >= 11 is 0. The molecule has 1 fully saturated rings. The predicted molar refractivity (Wildman–Crippen MR) is 196 cm³/mol. The van der Waals surface area contributed by atoms with E-state index in [2.05, 4.69) is 71.4 Å². The Morgan fingerprint density at radius 1 is 1.06 bits per heavy atom. The molecule has 12 nitrogen and oxygen atoms in total. The van der Waals surface area contributed by atoms with Gasteiger partial charge in [0.15, 0.2) is 5.78 Å². The van der Waals surface area contributed by atoms with E-state index in [0.717, 1.165) is 61.9 Å². The number of benzene rings is 2. The number of aromatic nitrogens is 3. The number of ketones is 1. The zero-order valence-electron chi connectivity index (χ0n) is 31.5. The molecule has 15 heteroatoms. The topological polar surface area (TPSA) is 141 Å². The first-order valence-electron chi connectivity index (χ1n) is 17.4. The van der Waals surface area contributed by atoms with Gasteiger partial charge in [-0.1, -0.05) is 49.3 Å². The molecule has 2 unspecified atom stereocenters. The van der Waals surface area contributed by atoms with E-state index in [0.29, 0.717) is 50.7 Å². The van der Waals surface area contributed by atoms with Gasteiger partial charge in [-0.15, -0.1) is 5.10 Å². The van der Waals surface area contributed by atoms with Crippen LogP contribution in [0.2, 0.25) is 0 Å². The van der Waals surface area contributed by atoms with Gasteiger partial charge in [-0.3, -0.25) is 9.59 Å². The first-order valence-corrected chi connectivity index (χ1v) is 17.4. The van der Waals surface area contributed by atoms with Crippen LogP contribution in [0.15, 0.2) is 53.8 Å². The van der Waals surface area contributed by atoms with Gasteiger partial charge in [-0.2, -0.15) is 0 Å². The Morgan fingerprint density at radius 3 is 2.36 bits per heavy atom. The van der Waals surface area contributed by atoms with Crippen molar-refractivity contribution in [3.8, 4) is 5.75 Å². The summed E-state index contributed by atoms with van der Waals surface area (Å²) in [4.78, 5) is 28.9. The molecule has 0 amide bonds. The van der Waals surface area contributed by atoms with Crippen LogP contribution in [0.5, 0.6) is 5.75 Å². The summed E-state index contributed by atoms with van der Waals surface area (Å²) in [6.45, 7) is 11.5. The van der Waals surface area contributed by atoms with E-state index in [1.54, 1.807) is 11.8 Å². The fourth-order valence-corrected chi connectivity index (χ4v) is 6.49. The zero-order valence-corrected chi connectivity index (χ0v) is 39.3. The van der Waals surface area contributed by atoms with Gasteiger partial charge in [-0.05, 0) is 79.6 Å². The molecule has 4 rings (SSSR count). The van der Waals surface area contributed by atoms with Crippen LogP contribution < -0.4 is 28.7 Å². The number of piperidine rings is 1. The summed E-state index contributed by atoms with van der Waals surface area (Å²) in [5, 5.41) is 11.2. The van der Waals surface area contributed by atoms with Gasteiger partial charge >= 0.3 is 5.97 Å². The minimum absolute atomic E-state index is 0. The number of halogens is 1. The molecule has 2 radical (unpaired) electrons. The van der Waals surface area contributed by atoms with Crippen LogP contribution in [0.4, 0.5) is 0 Å². The Balaban J connectivity index is 0. The Hall–Kier alpha value is -1.15.